The molecule has 1 aromatic rings. The monoisotopic (exact) mass is 240 g/mol. The second-order valence-electron chi connectivity index (χ2n) is 3.65. The quantitative estimate of drug-likeness (QED) is 0.728. The first-order chi connectivity index (χ1) is 7.90. The molecule has 0 saturated carbocycles. The Balaban J connectivity index is 2.73. The van der Waals surface area contributed by atoms with Gasteiger partial charge in [0.2, 0.25) is 5.91 Å². The van der Waals surface area contributed by atoms with Gasteiger partial charge in [0.15, 0.2) is 0 Å². The van der Waals surface area contributed by atoms with Gasteiger partial charge in [-0.2, -0.15) is 0 Å². The molecule has 4 N–H and O–H groups in total. The number of carbonyl (C=O) groups is 2. The maximum Gasteiger partial charge on any atom is 0.305 e. The lowest BCUT2D eigenvalue weighted by Gasteiger charge is -2.12. The van der Waals surface area contributed by atoms with Crippen LogP contribution in [-0.4, -0.2) is 23.0 Å². The molecule has 5 nitrogen and oxygen atoms in total. The molecule has 1 unspecified atom stereocenters. The highest BCUT2D eigenvalue weighted by atomic mass is 19.1. The summed E-state index contributed by atoms with van der Waals surface area (Å²) in [5.41, 5.74) is 6.32. The Hall–Kier alpha value is -1.95. The van der Waals surface area contributed by atoms with Crippen LogP contribution in [-0.2, 0) is 9.59 Å². The lowest BCUT2D eigenvalue weighted by molar-refractivity contribution is -0.138. The molecule has 17 heavy (non-hydrogen) atoms. The molecule has 1 atom stereocenters. The molecule has 0 heterocycles. The minimum Gasteiger partial charge on any atom is -0.481 e. The number of carboxylic acids is 1. The number of halogens is 1. The molecule has 6 heteroatoms. The second-order valence-corrected chi connectivity index (χ2v) is 3.65. The summed E-state index contributed by atoms with van der Waals surface area (Å²) in [6, 6.07) is 2.77. The van der Waals surface area contributed by atoms with Crippen molar-refractivity contribution in [1.82, 2.24) is 0 Å². The molecule has 1 rings (SSSR count). The Labute approximate surface area is 97.4 Å². The van der Waals surface area contributed by atoms with Crippen LogP contribution in [0.15, 0.2) is 18.2 Å². The molecule has 0 aromatic heterocycles. The Morgan fingerprint density at radius 1 is 1.53 bits per heavy atom. The molecular weight excluding hydrogens is 227 g/mol. The number of nitrogens with one attached hydrogen (secondary N) is 1. The number of benzene rings is 1. The van der Waals surface area contributed by atoms with Crippen molar-refractivity contribution in [1.29, 1.82) is 0 Å². The minimum atomic E-state index is -1.16. The average molecular weight is 240 g/mol. The van der Waals surface area contributed by atoms with Gasteiger partial charge in [-0.05, 0) is 24.6 Å². The average Bonchev–Trinajstić information content (AvgIpc) is 2.22. The van der Waals surface area contributed by atoms with E-state index in [1.54, 1.807) is 6.92 Å². The topological polar surface area (TPSA) is 92.4 Å². The highest BCUT2D eigenvalue weighted by Crippen LogP contribution is 2.16. The van der Waals surface area contributed by atoms with Crippen molar-refractivity contribution in [3.8, 4) is 0 Å². The van der Waals surface area contributed by atoms with Gasteiger partial charge in [-0.3, -0.25) is 9.59 Å². The summed E-state index contributed by atoms with van der Waals surface area (Å²) in [6.07, 6.45) is -0.472. The van der Waals surface area contributed by atoms with Crippen LogP contribution in [0.4, 0.5) is 10.1 Å². The van der Waals surface area contributed by atoms with Crippen LogP contribution in [0.25, 0.3) is 0 Å². The molecule has 0 spiro atoms. The van der Waals surface area contributed by atoms with Crippen LogP contribution in [0.3, 0.4) is 0 Å². The van der Waals surface area contributed by atoms with Crippen LogP contribution < -0.4 is 11.1 Å². The number of aryl methyl sites for hydroxylation is 1. The molecule has 1 amide bonds. The van der Waals surface area contributed by atoms with E-state index < -0.39 is 30.2 Å². The normalized spacial score (nSPS) is 11.9. The largest absolute Gasteiger partial charge is 0.481 e. The third-order valence-corrected chi connectivity index (χ3v) is 2.19. The van der Waals surface area contributed by atoms with Crippen LogP contribution in [0.5, 0.6) is 0 Å². The van der Waals surface area contributed by atoms with Gasteiger partial charge in [0.25, 0.3) is 0 Å². The van der Waals surface area contributed by atoms with E-state index in [4.69, 9.17) is 10.8 Å². The first-order valence-corrected chi connectivity index (χ1v) is 4.94. The fourth-order valence-electron chi connectivity index (χ4n) is 1.24. The number of aliphatic carboxylic acids is 1. The standard InChI is InChI=1S/C11H13FN2O3/c1-6-2-3-7(12)4-9(6)14-11(17)8(13)5-10(15)16/h2-4,8H,5,13H2,1H3,(H,14,17)(H,15,16). The summed E-state index contributed by atoms with van der Waals surface area (Å²) < 4.78 is 12.9. The maximum atomic E-state index is 12.9. The number of anilines is 1. The van der Waals surface area contributed by atoms with Gasteiger partial charge in [0.1, 0.15) is 5.82 Å². The van der Waals surface area contributed by atoms with Crippen LogP contribution in [0.2, 0.25) is 0 Å². The first kappa shape index (κ1) is 13.1. The van der Waals surface area contributed by atoms with E-state index in [0.717, 1.165) is 6.07 Å². The molecule has 92 valence electrons. The molecule has 0 radical (unpaired) electrons. The smallest absolute Gasteiger partial charge is 0.305 e. The third-order valence-electron chi connectivity index (χ3n) is 2.19. The molecule has 0 aliphatic rings. The Bertz CT molecular complexity index is 448. The summed E-state index contributed by atoms with van der Waals surface area (Å²) in [5.74, 6) is -2.30. The van der Waals surface area contributed by atoms with Crippen molar-refractivity contribution >= 4 is 17.6 Å². The summed E-state index contributed by atoms with van der Waals surface area (Å²) in [4.78, 5) is 21.9. The van der Waals surface area contributed by atoms with E-state index in [1.165, 1.54) is 12.1 Å². The maximum absolute atomic E-state index is 12.9. The number of carbonyl (C=O) groups excluding carboxylic acids is 1. The minimum absolute atomic E-state index is 0.288. The highest BCUT2D eigenvalue weighted by Gasteiger charge is 2.17. The fourth-order valence-corrected chi connectivity index (χ4v) is 1.24. The van der Waals surface area contributed by atoms with Gasteiger partial charge in [-0.25, -0.2) is 4.39 Å². The van der Waals surface area contributed by atoms with Gasteiger partial charge in [0, 0.05) is 5.69 Å². The van der Waals surface area contributed by atoms with Crippen molar-refractivity contribution in [2.75, 3.05) is 5.32 Å². The zero-order chi connectivity index (χ0) is 13.0. The van der Waals surface area contributed by atoms with Gasteiger partial charge in [0.05, 0.1) is 12.5 Å². The zero-order valence-corrected chi connectivity index (χ0v) is 9.24. The lowest BCUT2D eigenvalue weighted by atomic mass is 10.1. The SMILES string of the molecule is Cc1ccc(F)cc1NC(=O)C(N)CC(=O)O. The molecule has 0 aliphatic carbocycles. The van der Waals surface area contributed by atoms with Gasteiger partial charge >= 0.3 is 5.97 Å². The van der Waals surface area contributed by atoms with Gasteiger partial charge in [-0.15, -0.1) is 0 Å². The van der Waals surface area contributed by atoms with Crippen molar-refractivity contribution < 1.29 is 19.1 Å². The van der Waals surface area contributed by atoms with Crippen molar-refractivity contribution in [3.63, 3.8) is 0 Å². The van der Waals surface area contributed by atoms with E-state index in [0.29, 0.717) is 5.56 Å². The predicted octanol–water partition coefficient (Wildman–Crippen LogP) is 0.875. The van der Waals surface area contributed by atoms with Crippen LogP contribution >= 0.6 is 0 Å². The summed E-state index contributed by atoms with van der Waals surface area (Å²) in [6.45, 7) is 1.69. The number of amides is 1. The number of nitrogens with two attached hydrogens (primary N) is 1. The zero-order valence-electron chi connectivity index (χ0n) is 9.24. The van der Waals surface area contributed by atoms with E-state index in [2.05, 4.69) is 5.32 Å². The summed E-state index contributed by atoms with van der Waals surface area (Å²) in [5, 5.41) is 10.9. The Morgan fingerprint density at radius 2 is 2.18 bits per heavy atom. The molecule has 0 saturated heterocycles. The number of hydrogen-bond acceptors (Lipinski definition) is 3. The van der Waals surface area contributed by atoms with Crippen LogP contribution in [0, 0.1) is 12.7 Å². The second kappa shape index (κ2) is 5.40. The van der Waals surface area contributed by atoms with Crippen LogP contribution in [0.1, 0.15) is 12.0 Å². The van der Waals surface area contributed by atoms with Crippen molar-refractivity contribution in [2.24, 2.45) is 5.73 Å². The van der Waals surface area contributed by atoms with E-state index in [9.17, 15) is 14.0 Å². The Morgan fingerprint density at radius 3 is 2.76 bits per heavy atom. The first-order valence-electron chi connectivity index (χ1n) is 4.94. The fraction of sp³-hybridized carbons (Fsp3) is 0.273. The molecule has 0 bridgehead atoms. The highest BCUT2D eigenvalue weighted by molar-refractivity contribution is 5.97. The number of rotatable bonds is 4. The summed E-state index contributed by atoms with van der Waals surface area (Å²) in [7, 11) is 0. The molecular formula is C11H13FN2O3. The van der Waals surface area contributed by atoms with Crippen molar-refractivity contribution in [3.05, 3.63) is 29.6 Å². The summed E-state index contributed by atoms with van der Waals surface area (Å²) >= 11 is 0. The van der Waals surface area contributed by atoms with E-state index in [-0.39, 0.29) is 5.69 Å². The van der Waals surface area contributed by atoms with E-state index >= 15 is 0 Å². The molecule has 0 aliphatic heterocycles. The van der Waals surface area contributed by atoms with Gasteiger partial charge in [-0.1, -0.05) is 6.07 Å². The predicted molar refractivity (Wildman–Crippen MR) is 60.0 cm³/mol. The Kier molecular flexibility index (Phi) is 4.17. The van der Waals surface area contributed by atoms with Gasteiger partial charge < -0.3 is 16.2 Å². The third kappa shape index (κ3) is 3.84. The number of hydrogen-bond donors (Lipinski definition) is 3. The lowest BCUT2D eigenvalue weighted by Crippen LogP contribution is -2.37. The molecule has 1 aromatic carbocycles. The molecule has 0 fully saturated rings. The number of carboxylic acid groups (broad SMARTS) is 1. The van der Waals surface area contributed by atoms with E-state index in [1.807, 2.05) is 0 Å². The van der Waals surface area contributed by atoms with Crippen molar-refractivity contribution in [2.45, 2.75) is 19.4 Å².